The summed E-state index contributed by atoms with van der Waals surface area (Å²) in [6, 6.07) is 2.46. The van der Waals surface area contributed by atoms with Gasteiger partial charge in [0.1, 0.15) is 5.82 Å². The first-order chi connectivity index (χ1) is 8.58. The van der Waals surface area contributed by atoms with E-state index in [1.165, 1.54) is 6.07 Å². The van der Waals surface area contributed by atoms with Gasteiger partial charge in [-0.05, 0) is 12.1 Å². The van der Waals surface area contributed by atoms with Gasteiger partial charge in [-0.1, -0.05) is 15.9 Å². The minimum atomic E-state index is -0.974. The van der Waals surface area contributed by atoms with E-state index in [2.05, 4.69) is 20.9 Å². The number of rotatable bonds is 4. The predicted octanol–water partition coefficient (Wildman–Crippen LogP) is 3.08. The number of nitrogens with zero attached hydrogens (tertiary/aromatic N) is 2. The zero-order valence-electron chi connectivity index (χ0n) is 9.66. The molecule has 18 heavy (non-hydrogen) atoms. The SMILES string of the molecule is Cn1ccnc1CCOc1cc(Br)cc(F)c1F. The highest BCUT2D eigenvalue weighted by molar-refractivity contribution is 9.10. The Morgan fingerprint density at radius 1 is 1.39 bits per heavy atom. The quantitative estimate of drug-likeness (QED) is 0.810. The van der Waals surface area contributed by atoms with Crippen LogP contribution in [0.4, 0.5) is 8.78 Å². The number of hydrogen-bond acceptors (Lipinski definition) is 2. The molecule has 0 aliphatic carbocycles. The van der Waals surface area contributed by atoms with Gasteiger partial charge < -0.3 is 9.30 Å². The highest BCUT2D eigenvalue weighted by Crippen LogP contribution is 2.25. The lowest BCUT2D eigenvalue weighted by Gasteiger charge is -2.08. The third-order valence-corrected chi connectivity index (χ3v) is 2.92. The standard InChI is InChI=1S/C12H11BrF2N2O/c1-17-4-3-16-11(17)2-5-18-10-7-8(13)6-9(14)12(10)15/h3-4,6-7H,2,5H2,1H3. The van der Waals surface area contributed by atoms with Crippen LogP contribution in [0.25, 0.3) is 0 Å². The molecule has 0 fully saturated rings. The van der Waals surface area contributed by atoms with Gasteiger partial charge in [-0.25, -0.2) is 9.37 Å². The van der Waals surface area contributed by atoms with Crippen molar-refractivity contribution in [3.05, 3.63) is 46.5 Å². The zero-order chi connectivity index (χ0) is 13.1. The summed E-state index contributed by atoms with van der Waals surface area (Å²) < 4.78 is 34.0. The largest absolute Gasteiger partial charge is 0.490 e. The van der Waals surface area contributed by atoms with Crippen molar-refractivity contribution in [3.8, 4) is 5.75 Å². The third kappa shape index (κ3) is 2.87. The van der Waals surface area contributed by atoms with Crippen LogP contribution in [0, 0.1) is 11.6 Å². The monoisotopic (exact) mass is 316 g/mol. The Morgan fingerprint density at radius 3 is 2.83 bits per heavy atom. The van der Waals surface area contributed by atoms with Crippen molar-refractivity contribution in [1.29, 1.82) is 0 Å². The average molecular weight is 317 g/mol. The minimum absolute atomic E-state index is 0.101. The maximum absolute atomic E-state index is 13.4. The van der Waals surface area contributed by atoms with Crippen molar-refractivity contribution >= 4 is 15.9 Å². The summed E-state index contributed by atoms with van der Waals surface area (Å²) in [7, 11) is 1.86. The van der Waals surface area contributed by atoms with Gasteiger partial charge in [0.05, 0.1) is 6.61 Å². The highest BCUT2D eigenvalue weighted by atomic mass is 79.9. The van der Waals surface area contributed by atoms with E-state index in [9.17, 15) is 8.78 Å². The first-order valence-electron chi connectivity index (χ1n) is 5.31. The second kappa shape index (κ2) is 5.48. The zero-order valence-corrected chi connectivity index (χ0v) is 11.2. The molecule has 0 amide bonds. The summed E-state index contributed by atoms with van der Waals surface area (Å²) in [6.07, 6.45) is 4.01. The van der Waals surface area contributed by atoms with Gasteiger partial charge in [-0.2, -0.15) is 4.39 Å². The fraction of sp³-hybridized carbons (Fsp3) is 0.250. The minimum Gasteiger partial charge on any atom is -0.490 e. The number of halogens is 3. The van der Waals surface area contributed by atoms with Crippen LogP contribution in [-0.4, -0.2) is 16.2 Å². The van der Waals surface area contributed by atoms with Crippen molar-refractivity contribution in [2.24, 2.45) is 7.05 Å². The van der Waals surface area contributed by atoms with Crippen molar-refractivity contribution in [1.82, 2.24) is 9.55 Å². The molecule has 0 atom stereocenters. The van der Waals surface area contributed by atoms with Gasteiger partial charge >= 0.3 is 0 Å². The first kappa shape index (κ1) is 13.0. The molecule has 0 saturated heterocycles. The van der Waals surface area contributed by atoms with Crippen LogP contribution < -0.4 is 4.74 Å². The van der Waals surface area contributed by atoms with Gasteiger partial charge in [0.2, 0.25) is 5.82 Å². The molecule has 1 aromatic carbocycles. The molecule has 0 saturated carbocycles. The second-order valence-corrected chi connectivity index (χ2v) is 4.67. The summed E-state index contributed by atoms with van der Waals surface area (Å²) in [4.78, 5) is 4.11. The van der Waals surface area contributed by atoms with Gasteiger partial charge in [-0.3, -0.25) is 0 Å². The molecule has 2 rings (SSSR count). The Kier molecular flexibility index (Phi) is 3.96. The van der Waals surface area contributed by atoms with Crippen LogP contribution in [-0.2, 0) is 13.5 Å². The van der Waals surface area contributed by atoms with Gasteiger partial charge in [0.15, 0.2) is 11.6 Å². The predicted molar refractivity (Wildman–Crippen MR) is 66.5 cm³/mol. The fourth-order valence-electron chi connectivity index (χ4n) is 1.53. The molecular weight excluding hydrogens is 306 g/mol. The summed E-state index contributed by atoms with van der Waals surface area (Å²) in [5.74, 6) is -1.18. The van der Waals surface area contributed by atoms with Crippen molar-refractivity contribution < 1.29 is 13.5 Å². The van der Waals surface area contributed by atoms with Gasteiger partial charge in [-0.15, -0.1) is 0 Å². The molecule has 2 aromatic rings. The van der Waals surface area contributed by atoms with Crippen LogP contribution in [0.2, 0.25) is 0 Å². The van der Waals surface area contributed by atoms with E-state index >= 15 is 0 Å². The van der Waals surface area contributed by atoms with Crippen molar-refractivity contribution in [2.75, 3.05) is 6.61 Å². The molecule has 1 aromatic heterocycles. The van der Waals surface area contributed by atoms with Gasteiger partial charge in [0, 0.05) is 30.3 Å². The smallest absolute Gasteiger partial charge is 0.200 e. The van der Waals surface area contributed by atoms with Crippen LogP contribution in [0.15, 0.2) is 29.0 Å². The topological polar surface area (TPSA) is 27.1 Å². The molecule has 0 bridgehead atoms. The highest BCUT2D eigenvalue weighted by Gasteiger charge is 2.11. The van der Waals surface area contributed by atoms with Crippen molar-refractivity contribution in [3.63, 3.8) is 0 Å². The normalized spacial score (nSPS) is 10.7. The van der Waals surface area contributed by atoms with E-state index in [0.717, 1.165) is 11.9 Å². The second-order valence-electron chi connectivity index (χ2n) is 3.75. The molecule has 0 aliphatic heterocycles. The Morgan fingerprint density at radius 2 is 2.17 bits per heavy atom. The molecule has 0 aliphatic rings. The lowest BCUT2D eigenvalue weighted by molar-refractivity contribution is 0.295. The van der Waals surface area contributed by atoms with E-state index in [-0.39, 0.29) is 12.4 Å². The molecule has 6 heteroatoms. The maximum Gasteiger partial charge on any atom is 0.200 e. The summed E-state index contributed by atoms with van der Waals surface area (Å²) in [5, 5.41) is 0. The number of ether oxygens (including phenoxy) is 1. The van der Waals surface area contributed by atoms with E-state index in [1.807, 2.05) is 17.8 Å². The average Bonchev–Trinajstić information content (AvgIpc) is 2.71. The molecule has 3 nitrogen and oxygen atoms in total. The molecule has 1 heterocycles. The lowest BCUT2D eigenvalue weighted by Crippen LogP contribution is -2.07. The molecule has 0 unspecified atom stereocenters. The van der Waals surface area contributed by atoms with Gasteiger partial charge in [0.25, 0.3) is 0 Å². The van der Waals surface area contributed by atoms with E-state index in [0.29, 0.717) is 10.9 Å². The van der Waals surface area contributed by atoms with Crippen LogP contribution in [0.1, 0.15) is 5.82 Å². The fourth-order valence-corrected chi connectivity index (χ4v) is 1.94. The molecule has 0 radical (unpaired) electrons. The molecular formula is C12H11BrF2N2O. The molecule has 0 spiro atoms. The summed E-state index contributed by atoms with van der Waals surface area (Å²) in [5.41, 5.74) is 0. The number of imidazole rings is 1. The first-order valence-corrected chi connectivity index (χ1v) is 6.11. The number of benzene rings is 1. The maximum atomic E-state index is 13.4. The van der Waals surface area contributed by atoms with E-state index < -0.39 is 11.6 Å². The molecule has 96 valence electrons. The Hall–Kier alpha value is -1.43. The Balaban J connectivity index is 2.01. The van der Waals surface area contributed by atoms with Crippen LogP contribution in [0.5, 0.6) is 5.75 Å². The lowest BCUT2D eigenvalue weighted by atomic mass is 10.3. The van der Waals surface area contributed by atoms with Crippen LogP contribution in [0.3, 0.4) is 0 Å². The Bertz CT molecular complexity index is 557. The van der Waals surface area contributed by atoms with E-state index in [4.69, 9.17) is 4.74 Å². The third-order valence-electron chi connectivity index (χ3n) is 2.46. The molecule has 0 N–H and O–H groups in total. The van der Waals surface area contributed by atoms with E-state index in [1.54, 1.807) is 6.20 Å². The summed E-state index contributed by atoms with van der Waals surface area (Å²) >= 11 is 3.09. The van der Waals surface area contributed by atoms with Crippen molar-refractivity contribution in [2.45, 2.75) is 6.42 Å². The number of aryl methyl sites for hydroxylation is 1. The Labute approximate surface area is 112 Å². The summed E-state index contributed by atoms with van der Waals surface area (Å²) in [6.45, 7) is 0.234. The van der Waals surface area contributed by atoms with Crippen LogP contribution >= 0.6 is 15.9 Å². The number of aromatic nitrogens is 2. The number of hydrogen-bond donors (Lipinski definition) is 0.